The van der Waals surface area contributed by atoms with Crippen molar-refractivity contribution >= 4 is 5.90 Å². The van der Waals surface area contributed by atoms with E-state index in [-0.39, 0.29) is 11.1 Å². The quantitative estimate of drug-likeness (QED) is 0.563. The zero-order valence-electron chi connectivity index (χ0n) is 8.89. The molecule has 1 spiro atoms. The number of aliphatic imine (C=N–C) groups is 1. The van der Waals surface area contributed by atoms with Crippen molar-refractivity contribution in [3.8, 4) is 0 Å². The normalized spacial score (nSPS) is 29.9. The maximum Gasteiger partial charge on any atom is 0.181 e. The number of rotatable bonds is 0. The number of nitrogens with zero attached hydrogens (tertiary/aromatic N) is 1. The fraction of sp³-hybridized carbons (Fsp3) is 0.909. The van der Waals surface area contributed by atoms with Crippen molar-refractivity contribution in [2.24, 2.45) is 4.99 Å². The summed E-state index contributed by atoms with van der Waals surface area (Å²) in [5.74, 6) is 0.881. The average molecular weight is 181 g/mol. The van der Waals surface area contributed by atoms with Crippen molar-refractivity contribution in [1.29, 1.82) is 0 Å². The van der Waals surface area contributed by atoms with E-state index in [1.165, 1.54) is 32.1 Å². The van der Waals surface area contributed by atoms with Gasteiger partial charge in [0.05, 0.1) is 5.54 Å². The Kier molecular flexibility index (Phi) is 1.90. The highest BCUT2D eigenvalue weighted by Crippen LogP contribution is 2.45. The van der Waals surface area contributed by atoms with Crippen LogP contribution in [0.25, 0.3) is 0 Å². The Balaban J connectivity index is 2.24. The second-order valence-corrected chi connectivity index (χ2v) is 4.85. The van der Waals surface area contributed by atoms with Crippen LogP contribution in [-0.2, 0) is 4.74 Å². The maximum atomic E-state index is 5.96. The van der Waals surface area contributed by atoms with Crippen LogP contribution in [0.1, 0.15) is 52.9 Å². The van der Waals surface area contributed by atoms with Crippen molar-refractivity contribution in [2.75, 3.05) is 0 Å². The lowest BCUT2D eigenvalue weighted by Crippen LogP contribution is -2.48. The van der Waals surface area contributed by atoms with E-state index < -0.39 is 0 Å². The zero-order valence-corrected chi connectivity index (χ0v) is 8.89. The van der Waals surface area contributed by atoms with E-state index in [9.17, 15) is 0 Å². The minimum absolute atomic E-state index is 0.00248. The van der Waals surface area contributed by atoms with E-state index in [1.807, 2.05) is 6.92 Å². The summed E-state index contributed by atoms with van der Waals surface area (Å²) in [5, 5.41) is 0. The molecule has 0 aromatic heterocycles. The second kappa shape index (κ2) is 2.73. The predicted octanol–water partition coefficient (Wildman–Crippen LogP) is 2.92. The van der Waals surface area contributed by atoms with Crippen molar-refractivity contribution in [2.45, 2.75) is 64.0 Å². The molecule has 0 unspecified atom stereocenters. The lowest BCUT2D eigenvalue weighted by atomic mass is 9.73. The van der Waals surface area contributed by atoms with E-state index in [0.29, 0.717) is 0 Å². The summed E-state index contributed by atoms with van der Waals surface area (Å²) in [6.07, 6.45) is 6.32. The molecule has 0 radical (unpaired) electrons. The fourth-order valence-corrected chi connectivity index (χ4v) is 2.76. The number of ether oxygens (including phenoxy) is 1. The van der Waals surface area contributed by atoms with Crippen LogP contribution in [0.4, 0.5) is 0 Å². The molecule has 1 heterocycles. The Bertz CT molecular complexity index is 236. The van der Waals surface area contributed by atoms with Gasteiger partial charge in [-0.3, -0.25) is 0 Å². The molecule has 1 aliphatic heterocycles. The van der Waals surface area contributed by atoms with Crippen LogP contribution >= 0.6 is 0 Å². The standard InChI is InChI=1S/C11H19NO/c1-9-12-10(2,3)11(13-9)7-5-4-6-8-11/h4-8H2,1-3H3. The summed E-state index contributed by atoms with van der Waals surface area (Å²) in [7, 11) is 0. The third-order valence-corrected chi connectivity index (χ3v) is 3.56. The van der Waals surface area contributed by atoms with Gasteiger partial charge in [-0.15, -0.1) is 0 Å². The minimum atomic E-state index is -0.00248. The molecular weight excluding hydrogens is 162 g/mol. The molecule has 0 saturated heterocycles. The Morgan fingerprint density at radius 2 is 1.77 bits per heavy atom. The smallest absolute Gasteiger partial charge is 0.181 e. The largest absolute Gasteiger partial charge is 0.472 e. The van der Waals surface area contributed by atoms with Crippen molar-refractivity contribution in [3.05, 3.63) is 0 Å². The van der Waals surface area contributed by atoms with Crippen molar-refractivity contribution < 1.29 is 4.74 Å². The van der Waals surface area contributed by atoms with E-state index in [2.05, 4.69) is 18.8 Å². The molecular formula is C11H19NO. The molecule has 0 bridgehead atoms. The van der Waals surface area contributed by atoms with Gasteiger partial charge in [0.1, 0.15) is 5.60 Å². The number of hydrogen-bond acceptors (Lipinski definition) is 2. The average Bonchev–Trinajstić information content (AvgIpc) is 2.23. The molecule has 2 heteroatoms. The summed E-state index contributed by atoms with van der Waals surface area (Å²) in [4.78, 5) is 4.59. The molecule has 0 amide bonds. The molecule has 0 aromatic rings. The Morgan fingerprint density at radius 3 is 2.23 bits per heavy atom. The maximum absolute atomic E-state index is 5.96. The molecule has 1 aliphatic carbocycles. The third-order valence-electron chi connectivity index (χ3n) is 3.56. The number of hydrogen-bond donors (Lipinski definition) is 0. The van der Waals surface area contributed by atoms with Gasteiger partial charge in [-0.25, -0.2) is 4.99 Å². The topological polar surface area (TPSA) is 21.6 Å². The summed E-state index contributed by atoms with van der Waals surface area (Å²) in [5.41, 5.74) is 0.0346. The molecule has 74 valence electrons. The highest BCUT2D eigenvalue weighted by molar-refractivity contribution is 5.76. The first-order chi connectivity index (χ1) is 6.06. The summed E-state index contributed by atoms with van der Waals surface area (Å²) in [6.45, 7) is 6.38. The Morgan fingerprint density at radius 1 is 1.15 bits per heavy atom. The first kappa shape index (κ1) is 9.04. The van der Waals surface area contributed by atoms with Crippen LogP contribution in [0.2, 0.25) is 0 Å². The first-order valence-corrected chi connectivity index (χ1v) is 5.31. The molecule has 0 atom stereocenters. The van der Waals surface area contributed by atoms with Gasteiger partial charge in [-0.2, -0.15) is 0 Å². The lowest BCUT2D eigenvalue weighted by Gasteiger charge is -2.41. The Hall–Kier alpha value is -0.530. The van der Waals surface area contributed by atoms with Gasteiger partial charge in [-0.05, 0) is 39.5 Å². The predicted molar refractivity (Wildman–Crippen MR) is 54.1 cm³/mol. The molecule has 0 aromatic carbocycles. The van der Waals surface area contributed by atoms with Crippen molar-refractivity contribution in [3.63, 3.8) is 0 Å². The monoisotopic (exact) mass is 181 g/mol. The minimum Gasteiger partial charge on any atom is -0.472 e. The molecule has 2 nitrogen and oxygen atoms in total. The molecule has 1 fully saturated rings. The summed E-state index contributed by atoms with van der Waals surface area (Å²) in [6, 6.07) is 0. The summed E-state index contributed by atoms with van der Waals surface area (Å²) < 4.78 is 5.96. The van der Waals surface area contributed by atoms with Gasteiger partial charge in [0.2, 0.25) is 0 Å². The molecule has 2 rings (SSSR count). The van der Waals surface area contributed by atoms with Gasteiger partial charge in [0.25, 0.3) is 0 Å². The van der Waals surface area contributed by atoms with Crippen molar-refractivity contribution in [1.82, 2.24) is 0 Å². The van der Waals surface area contributed by atoms with Gasteiger partial charge in [-0.1, -0.05) is 6.42 Å². The first-order valence-electron chi connectivity index (χ1n) is 5.31. The summed E-state index contributed by atoms with van der Waals surface area (Å²) >= 11 is 0. The molecule has 13 heavy (non-hydrogen) atoms. The Labute approximate surface area is 80.4 Å². The van der Waals surface area contributed by atoms with E-state index >= 15 is 0 Å². The molecule has 0 N–H and O–H groups in total. The molecule has 1 saturated carbocycles. The van der Waals surface area contributed by atoms with E-state index in [1.54, 1.807) is 0 Å². The van der Waals surface area contributed by atoms with Crippen LogP contribution < -0.4 is 0 Å². The van der Waals surface area contributed by atoms with Crippen LogP contribution in [-0.4, -0.2) is 17.0 Å². The van der Waals surface area contributed by atoms with Crippen LogP contribution in [0.3, 0.4) is 0 Å². The van der Waals surface area contributed by atoms with E-state index in [4.69, 9.17) is 4.74 Å². The van der Waals surface area contributed by atoms with Crippen LogP contribution in [0.5, 0.6) is 0 Å². The van der Waals surface area contributed by atoms with Gasteiger partial charge in [0.15, 0.2) is 5.90 Å². The van der Waals surface area contributed by atoms with Crippen LogP contribution in [0.15, 0.2) is 4.99 Å². The third kappa shape index (κ3) is 1.27. The van der Waals surface area contributed by atoms with Crippen LogP contribution in [0, 0.1) is 0 Å². The van der Waals surface area contributed by atoms with E-state index in [0.717, 1.165) is 5.90 Å². The van der Waals surface area contributed by atoms with Gasteiger partial charge in [0, 0.05) is 6.92 Å². The highest BCUT2D eigenvalue weighted by atomic mass is 16.5. The zero-order chi connectivity index (χ0) is 9.53. The lowest BCUT2D eigenvalue weighted by molar-refractivity contribution is -0.0121. The fourth-order valence-electron chi connectivity index (χ4n) is 2.76. The molecule has 2 aliphatic rings. The SMILES string of the molecule is CC1=NC(C)(C)C2(CCCCC2)O1. The second-order valence-electron chi connectivity index (χ2n) is 4.85. The highest BCUT2D eigenvalue weighted by Gasteiger charge is 2.51. The van der Waals surface area contributed by atoms with Gasteiger partial charge < -0.3 is 4.74 Å². The van der Waals surface area contributed by atoms with Gasteiger partial charge >= 0.3 is 0 Å².